The summed E-state index contributed by atoms with van der Waals surface area (Å²) in [6.07, 6.45) is 0.485. The third-order valence-electron chi connectivity index (χ3n) is 4.69. The van der Waals surface area contributed by atoms with Gasteiger partial charge in [0.15, 0.2) is 0 Å². The van der Waals surface area contributed by atoms with Gasteiger partial charge in [-0.3, -0.25) is 9.59 Å². The van der Waals surface area contributed by atoms with Gasteiger partial charge in [0.2, 0.25) is 11.8 Å². The first kappa shape index (κ1) is 24.0. The number of amides is 2. The van der Waals surface area contributed by atoms with E-state index in [1.165, 1.54) is 0 Å². The molecule has 0 heterocycles. The van der Waals surface area contributed by atoms with Gasteiger partial charge in [-0.1, -0.05) is 48.3 Å². The second kappa shape index (κ2) is 11.2. The molecule has 0 radical (unpaired) electrons. The van der Waals surface area contributed by atoms with Crippen LogP contribution in [0.2, 0.25) is 10.0 Å². The molecule has 30 heavy (non-hydrogen) atoms. The van der Waals surface area contributed by atoms with E-state index < -0.39 is 6.04 Å². The number of carbonyl (C=O) groups is 2. The van der Waals surface area contributed by atoms with Crippen LogP contribution in [0.25, 0.3) is 0 Å². The minimum Gasteiger partial charge on any atom is -0.497 e. The Morgan fingerprint density at radius 3 is 2.30 bits per heavy atom. The molecule has 2 aromatic rings. The first-order chi connectivity index (χ1) is 14.3. The van der Waals surface area contributed by atoms with Gasteiger partial charge in [0.05, 0.1) is 13.5 Å². The molecule has 0 aromatic heterocycles. The van der Waals surface area contributed by atoms with Crippen LogP contribution < -0.4 is 10.1 Å². The van der Waals surface area contributed by atoms with E-state index in [9.17, 15) is 9.59 Å². The quantitative estimate of drug-likeness (QED) is 0.592. The molecule has 2 aromatic carbocycles. The van der Waals surface area contributed by atoms with E-state index in [1.807, 2.05) is 45.0 Å². The Bertz CT molecular complexity index is 866. The molecule has 7 heteroatoms. The molecule has 0 saturated heterocycles. The minimum absolute atomic E-state index is 0.00787. The summed E-state index contributed by atoms with van der Waals surface area (Å²) in [4.78, 5) is 27.8. The first-order valence-electron chi connectivity index (χ1n) is 9.92. The molecule has 0 spiro atoms. The van der Waals surface area contributed by atoms with Crippen LogP contribution in [0.15, 0.2) is 42.5 Å². The fourth-order valence-electron chi connectivity index (χ4n) is 3.22. The average Bonchev–Trinajstić information content (AvgIpc) is 2.70. The third kappa shape index (κ3) is 6.38. The van der Waals surface area contributed by atoms with Crippen LogP contribution in [0.1, 0.15) is 38.3 Å². The van der Waals surface area contributed by atoms with Crippen molar-refractivity contribution in [1.29, 1.82) is 0 Å². The van der Waals surface area contributed by atoms with Crippen molar-refractivity contribution < 1.29 is 14.3 Å². The molecule has 0 unspecified atom stereocenters. The van der Waals surface area contributed by atoms with E-state index in [4.69, 9.17) is 27.9 Å². The zero-order valence-corrected chi connectivity index (χ0v) is 19.3. The number of methoxy groups -OCH3 is 1. The van der Waals surface area contributed by atoms with Gasteiger partial charge in [-0.15, -0.1) is 0 Å². The molecule has 1 N–H and O–H groups in total. The van der Waals surface area contributed by atoms with Crippen molar-refractivity contribution in [2.24, 2.45) is 0 Å². The summed E-state index contributed by atoms with van der Waals surface area (Å²) < 4.78 is 5.29. The highest BCUT2D eigenvalue weighted by molar-refractivity contribution is 6.36. The van der Waals surface area contributed by atoms with Gasteiger partial charge in [0.1, 0.15) is 11.8 Å². The number of carbonyl (C=O) groups excluding carboxylic acids is 2. The smallest absolute Gasteiger partial charge is 0.243 e. The Labute approximate surface area is 188 Å². The zero-order chi connectivity index (χ0) is 22.3. The summed E-state index contributed by atoms with van der Waals surface area (Å²) in [5, 5.41) is 3.77. The van der Waals surface area contributed by atoms with E-state index in [2.05, 4.69) is 5.32 Å². The maximum atomic E-state index is 13.4. The second-order valence-corrected chi connectivity index (χ2v) is 8.15. The fraction of sp³-hybridized carbons (Fsp3) is 0.391. The van der Waals surface area contributed by atoms with Crippen LogP contribution in [0, 0.1) is 0 Å². The molecule has 5 nitrogen and oxygen atoms in total. The van der Waals surface area contributed by atoms with Gasteiger partial charge in [0.25, 0.3) is 0 Å². The minimum atomic E-state index is -0.618. The topological polar surface area (TPSA) is 58.6 Å². The van der Waals surface area contributed by atoms with E-state index >= 15 is 0 Å². The normalized spacial score (nSPS) is 11.8. The summed E-state index contributed by atoms with van der Waals surface area (Å²) in [5.41, 5.74) is 1.42. The third-order valence-corrected chi connectivity index (χ3v) is 5.40. The highest BCUT2D eigenvalue weighted by Gasteiger charge is 2.29. The van der Waals surface area contributed by atoms with Crippen LogP contribution in [0.5, 0.6) is 5.75 Å². The zero-order valence-electron chi connectivity index (χ0n) is 17.7. The number of nitrogens with one attached hydrogen (secondary N) is 1. The lowest BCUT2D eigenvalue weighted by molar-refractivity contribution is -0.141. The molecule has 2 amide bonds. The van der Waals surface area contributed by atoms with Crippen molar-refractivity contribution >= 4 is 35.0 Å². The standard InChI is InChI=1S/C23H28Cl2N2O3/c1-5-21(23(29)26-15(2)3)27(14-16-8-6-9-17(12-16)30-4)22(28)13-18-19(24)10-7-11-20(18)25/h6-12,15,21H,5,13-14H2,1-4H3,(H,26,29)/t21-/m1/s1. The number of ether oxygens (including phenoxy) is 1. The van der Waals surface area contributed by atoms with Gasteiger partial charge in [-0.25, -0.2) is 0 Å². The van der Waals surface area contributed by atoms with Crippen LogP contribution in [0.4, 0.5) is 0 Å². The number of nitrogens with zero attached hydrogens (tertiary/aromatic N) is 1. The molecule has 0 bridgehead atoms. The highest BCUT2D eigenvalue weighted by atomic mass is 35.5. The van der Waals surface area contributed by atoms with Gasteiger partial charge >= 0.3 is 0 Å². The fourth-order valence-corrected chi connectivity index (χ4v) is 3.75. The molecular weight excluding hydrogens is 423 g/mol. The van der Waals surface area contributed by atoms with Crippen molar-refractivity contribution in [1.82, 2.24) is 10.2 Å². The van der Waals surface area contributed by atoms with Gasteiger partial charge < -0.3 is 15.0 Å². The highest BCUT2D eigenvalue weighted by Crippen LogP contribution is 2.26. The Kier molecular flexibility index (Phi) is 9.00. The average molecular weight is 451 g/mol. The molecule has 2 rings (SSSR count). The monoisotopic (exact) mass is 450 g/mol. The molecule has 0 aliphatic heterocycles. The molecular formula is C23H28Cl2N2O3. The van der Waals surface area contributed by atoms with E-state index in [0.717, 1.165) is 5.56 Å². The van der Waals surface area contributed by atoms with Crippen molar-refractivity contribution in [3.05, 3.63) is 63.6 Å². The Hall–Kier alpha value is -2.24. The number of hydrogen-bond donors (Lipinski definition) is 1. The van der Waals surface area contributed by atoms with E-state index in [0.29, 0.717) is 27.8 Å². The summed E-state index contributed by atoms with van der Waals surface area (Å²) in [7, 11) is 1.59. The molecule has 162 valence electrons. The van der Waals surface area contributed by atoms with Gasteiger partial charge in [-0.05, 0) is 55.7 Å². The Balaban J connectivity index is 2.37. The lowest BCUT2D eigenvalue weighted by Gasteiger charge is -2.31. The van der Waals surface area contributed by atoms with Crippen molar-refractivity contribution in [3.63, 3.8) is 0 Å². The maximum absolute atomic E-state index is 13.4. The van der Waals surface area contributed by atoms with Gasteiger partial charge in [0, 0.05) is 22.6 Å². The number of benzene rings is 2. The van der Waals surface area contributed by atoms with Crippen LogP contribution >= 0.6 is 23.2 Å². The molecule has 0 aliphatic rings. The SMILES string of the molecule is CC[C@H](C(=O)NC(C)C)N(Cc1cccc(OC)c1)C(=O)Cc1c(Cl)cccc1Cl. The van der Waals surface area contributed by atoms with E-state index in [-0.39, 0.29) is 30.8 Å². The summed E-state index contributed by atoms with van der Waals surface area (Å²) in [6, 6.07) is 11.9. The summed E-state index contributed by atoms with van der Waals surface area (Å²) in [6.45, 7) is 5.94. The summed E-state index contributed by atoms with van der Waals surface area (Å²) >= 11 is 12.5. The predicted octanol–water partition coefficient (Wildman–Crippen LogP) is 4.88. The molecule has 1 atom stereocenters. The van der Waals surface area contributed by atoms with E-state index in [1.54, 1.807) is 30.2 Å². The van der Waals surface area contributed by atoms with Crippen molar-refractivity contribution in [3.8, 4) is 5.75 Å². The van der Waals surface area contributed by atoms with Crippen molar-refractivity contribution in [2.75, 3.05) is 7.11 Å². The largest absolute Gasteiger partial charge is 0.497 e. The number of hydrogen-bond acceptors (Lipinski definition) is 3. The lowest BCUT2D eigenvalue weighted by Crippen LogP contribution is -2.50. The Morgan fingerprint density at radius 2 is 1.73 bits per heavy atom. The van der Waals surface area contributed by atoms with Gasteiger partial charge in [-0.2, -0.15) is 0 Å². The number of halogens is 2. The van der Waals surface area contributed by atoms with Crippen LogP contribution in [-0.4, -0.2) is 35.9 Å². The lowest BCUT2D eigenvalue weighted by atomic mass is 10.1. The van der Waals surface area contributed by atoms with Crippen LogP contribution in [-0.2, 0) is 22.6 Å². The molecule has 0 aliphatic carbocycles. The van der Waals surface area contributed by atoms with Crippen LogP contribution in [0.3, 0.4) is 0 Å². The predicted molar refractivity (Wildman–Crippen MR) is 121 cm³/mol. The first-order valence-corrected chi connectivity index (χ1v) is 10.7. The maximum Gasteiger partial charge on any atom is 0.243 e. The number of rotatable bonds is 9. The van der Waals surface area contributed by atoms with Crippen molar-refractivity contribution in [2.45, 2.75) is 52.2 Å². The summed E-state index contributed by atoms with van der Waals surface area (Å²) in [5.74, 6) is 0.279. The molecule has 0 saturated carbocycles. The molecule has 0 fully saturated rings. The second-order valence-electron chi connectivity index (χ2n) is 7.34. The Morgan fingerprint density at radius 1 is 1.10 bits per heavy atom.